The lowest BCUT2D eigenvalue weighted by molar-refractivity contribution is 0.272. The number of benzene rings is 1. The number of halogens is 2. The van der Waals surface area contributed by atoms with E-state index in [0.29, 0.717) is 11.4 Å². The van der Waals surface area contributed by atoms with E-state index in [-0.39, 0.29) is 6.61 Å². The third-order valence-corrected chi connectivity index (χ3v) is 2.25. The largest absolute Gasteiger partial charge is 0.490 e. The molecule has 0 fully saturated rings. The Bertz CT molecular complexity index is 366. The van der Waals surface area contributed by atoms with Crippen molar-refractivity contribution in [1.29, 1.82) is 0 Å². The lowest BCUT2D eigenvalue weighted by Crippen LogP contribution is -1.99. The van der Waals surface area contributed by atoms with E-state index < -0.39 is 6.67 Å². The number of azide groups is 1. The van der Waals surface area contributed by atoms with Crippen LogP contribution in [0.4, 0.5) is 10.1 Å². The van der Waals surface area contributed by atoms with Gasteiger partial charge in [0, 0.05) is 10.6 Å². The predicted molar refractivity (Wildman–Crippen MR) is 59.4 cm³/mol. The molecule has 0 aliphatic rings. The quantitative estimate of drug-likeness (QED) is 0.363. The maximum Gasteiger partial charge on any atom is 0.132 e. The Morgan fingerprint density at radius 1 is 1.57 bits per heavy atom. The van der Waals surface area contributed by atoms with Crippen molar-refractivity contribution in [2.45, 2.75) is 0 Å². The summed E-state index contributed by atoms with van der Waals surface area (Å²) in [5, 5.41) is 3.44. The molecule has 0 aliphatic heterocycles. The molecule has 0 unspecified atom stereocenters. The fourth-order valence-electron chi connectivity index (χ4n) is 0.869. The van der Waals surface area contributed by atoms with E-state index in [9.17, 15) is 4.39 Å². The molecule has 0 bridgehead atoms. The highest BCUT2D eigenvalue weighted by Gasteiger charge is 2.01. The van der Waals surface area contributed by atoms with E-state index in [4.69, 9.17) is 10.3 Å². The highest BCUT2D eigenvalue weighted by Crippen LogP contribution is 2.25. The zero-order chi connectivity index (χ0) is 10.4. The summed E-state index contributed by atoms with van der Waals surface area (Å²) in [7, 11) is 0. The molecule has 1 rings (SSSR count). The number of alkyl halides is 1. The number of rotatable bonds is 4. The van der Waals surface area contributed by atoms with Crippen LogP contribution in [0.5, 0.6) is 5.75 Å². The van der Waals surface area contributed by atoms with Gasteiger partial charge < -0.3 is 4.74 Å². The minimum atomic E-state index is -0.520. The van der Waals surface area contributed by atoms with Gasteiger partial charge in [-0.15, -0.1) is 0 Å². The van der Waals surface area contributed by atoms with Gasteiger partial charge in [0.25, 0.3) is 0 Å². The SMILES string of the molecule is [N-]=[N+]=Nc1ccc(OCCF)c(I)c1. The molecule has 0 heterocycles. The van der Waals surface area contributed by atoms with Gasteiger partial charge in [-0.05, 0) is 46.3 Å². The molecule has 1 aromatic rings. The Morgan fingerprint density at radius 3 is 2.93 bits per heavy atom. The van der Waals surface area contributed by atoms with Crippen LogP contribution in [0.15, 0.2) is 23.3 Å². The van der Waals surface area contributed by atoms with Gasteiger partial charge >= 0.3 is 0 Å². The van der Waals surface area contributed by atoms with Crippen molar-refractivity contribution in [2.24, 2.45) is 5.11 Å². The first-order valence-corrected chi connectivity index (χ1v) is 4.89. The minimum absolute atomic E-state index is 0.0386. The highest BCUT2D eigenvalue weighted by atomic mass is 127. The molecule has 0 spiro atoms. The normalized spacial score (nSPS) is 9.29. The van der Waals surface area contributed by atoms with Crippen molar-refractivity contribution in [3.63, 3.8) is 0 Å². The Hall–Kier alpha value is -1.01. The molecule has 0 saturated heterocycles. The summed E-state index contributed by atoms with van der Waals surface area (Å²) in [4.78, 5) is 2.66. The molecule has 0 aliphatic carbocycles. The maximum atomic E-state index is 11.8. The smallest absolute Gasteiger partial charge is 0.132 e. The van der Waals surface area contributed by atoms with Gasteiger partial charge in [0.05, 0.1) is 3.57 Å². The van der Waals surface area contributed by atoms with Crippen LogP contribution in [-0.4, -0.2) is 13.3 Å². The van der Waals surface area contributed by atoms with Gasteiger partial charge in [0.2, 0.25) is 0 Å². The van der Waals surface area contributed by atoms with Crippen LogP contribution in [-0.2, 0) is 0 Å². The molecule has 14 heavy (non-hydrogen) atoms. The van der Waals surface area contributed by atoms with Gasteiger partial charge in [0.15, 0.2) is 0 Å². The first-order chi connectivity index (χ1) is 6.77. The highest BCUT2D eigenvalue weighted by molar-refractivity contribution is 14.1. The molecule has 1 aromatic carbocycles. The number of hydrogen-bond acceptors (Lipinski definition) is 2. The molecule has 0 N–H and O–H groups in total. The monoisotopic (exact) mass is 307 g/mol. The third-order valence-electron chi connectivity index (χ3n) is 1.41. The van der Waals surface area contributed by atoms with Crippen molar-refractivity contribution in [2.75, 3.05) is 13.3 Å². The lowest BCUT2D eigenvalue weighted by Gasteiger charge is -2.05. The molecule has 0 saturated carbocycles. The van der Waals surface area contributed by atoms with Gasteiger partial charge in [-0.2, -0.15) is 0 Å². The van der Waals surface area contributed by atoms with Crippen LogP contribution >= 0.6 is 22.6 Å². The molecule has 0 radical (unpaired) electrons. The first kappa shape index (κ1) is 11.1. The van der Waals surface area contributed by atoms with Crippen molar-refractivity contribution < 1.29 is 9.13 Å². The summed E-state index contributed by atoms with van der Waals surface area (Å²) < 4.78 is 17.7. The van der Waals surface area contributed by atoms with Gasteiger partial charge in [-0.1, -0.05) is 5.11 Å². The fourth-order valence-corrected chi connectivity index (χ4v) is 1.52. The summed E-state index contributed by atoms with van der Waals surface area (Å²) in [6.07, 6.45) is 0. The Labute approximate surface area is 93.8 Å². The number of hydrogen-bond donors (Lipinski definition) is 0. The van der Waals surface area contributed by atoms with Crippen LogP contribution in [0, 0.1) is 3.57 Å². The van der Waals surface area contributed by atoms with Crippen molar-refractivity contribution in [3.8, 4) is 5.75 Å². The minimum Gasteiger partial charge on any atom is -0.490 e. The van der Waals surface area contributed by atoms with Gasteiger partial charge in [0.1, 0.15) is 19.0 Å². The van der Waals surface area contributed by atoms with E-state index in [1.54, 1.807) is 18.2 Å². The molecule has 74 valence electrons. The van der Waals surface area contributed by atoms with Crippen LogP contribution in [0.1, 0.15) is 0 Å². The summed E-state index contributed by atoms with van der Waals surface area (Å²) in [6.45, 7) is -0.481. The Balaban J connectivity index is 2.84. The van der Waals surface area contributed by atoms with E-state index in [1.807, 2.05) is 22.6 Å². The fraction of sp³-hybridized carbons (Fsp3) is 0.250. The van der Waals surface area contributed by atoms with E-state index in [1.165, 1.54) is 0 Å². The Morgan fingerprint density at radius 2 is 2.36 bits per heavy atom. The molecule has 0 aromatic heterocycles. The molecule has 0 amide bonds. The van der Waals surface area contributed by atoms with Crippen molar-refractivity contribution >= 4 is 28.3 Å². The van der Waals surface area contributed by atoms with Gasteiger partial charge in [-0.25, -0.2) is 4.39 Å². The number of nitrogens with zero attached hydrogens (tertiary/aromatic N) is 3. The van der Waals surface area contributed by atoms with Gasteiger partial charge in [-0.3, -0.25) is 0 Å². The van der Waals surface area contributed by atoms with Crippen molar-refractivity contribution in [1.82, 2.24) is 0 Å². The van der Waals surface area contributed by atoms with Crippen LogP contribution < -0.4 is 4.74 Å². The standard InChI is InChI=1S/C8H7FIN3O/c9-3-4-14-8-2-1-6(12-13-11)5-7(8)10/h1-2,5H,3-4H2. The van der Waals surface area contributed by atoms with Crippen molar-refractivity contribution in [3.05, 3.63) is 32.2 Å². The van der Waals surface area contributed by atoms with Crippen LogP contribution in [0.25, 0.3) is 10.4 Å². The summed E-state index contributed by atoms with van der Waals surface area (Å²) in [6, 6.07) is 4.95. The third kappa shape index (κ3) is 3.04. The lowest BCUT2D eigenvalue weighted by atomic mass is 10.3. The zero-order valence-corrected chi connectivity index (χ0v) is 9.31. The zero-order valence-electron chi connectivity index (χ0n) is 7.15. The summed E-state index contributed by atoms with van der Waals surface area (Å²) in [5.74, 6) is 0.597. The second kappa shape index (κ2) is 5.66. The molecular weight excluding hydrogens is 300 g/mol. The molecular formula is C8H7FIN3O. The van der Waals surface area contributed by atoms with Crippen LogP contribution in [0.3, 0.4) is 0 Å². The summed E-state index contributed by atoms with van der Waals surface area (Å²) >= 11 is 2.03. The molecule has 4 nitrogen and oxygen atoms in total. The summed E-state index contributed by atoms with van der Waals surface area (Å²) in [5.41, 5.74) is 8.71. The molecule has 0 atom stereocenters. The second-order valence-electron chi connectivity index (χ2n) is 2.34. The average Bonchev–Trinajstić information content (AvgIpc) is 2.17. The Kier molecular flexibility index (Phi) is 4.48. The van der Waals surface area contributed by atoms with E-state index in [2.05, 4.69) is 10.0 Å². The predicted octanol–water partition coefficient (Wildman–Crippen LogP) is 3.58. The van der Waals surface area contributed by atoms with E-state index in [0.717, 1.165) is 3.57 Å². The van der Waals surface area contributed by atoms with E-state index >= 15 is 0 Å². The molecule has 6 heteroatoms. The average molecular weight is 307 g/mol. The number of ether oxygens (including phenoxy) is 1. The maximum absolute atomic E-state index is 11.8. The first-order valence-electron chi connectivity index (χ1n) is 3.81. The second-order valence-corrected chi connectivity index (χ2v) is 3.50. The van der Waals surface area contributed by atoms with Crippen LogP contribution in [0.2, 0.25) is 0 Å². The topological polar surface area (TPSA) is 58.0 Å².